The van der Waals surface area contributed by atoms with Gasteiger partial charge in [0.15, 0.2) is 5.17 Å². The second-order valence-corrected chi connectivity index (χ2v) is 4.88. The number of hydrogen-bond donors (Lipinski definition) is 1. The summed E-state index contributed by atoms with van der Waals surface area (Å²) in [6.07, 6.45) is 1.90. The molecule has 5 heteroatoms. The first-order chi connectivity index (χ1) is 8.72. The number of nitrogens with two attached hydrogens (primary N) is 1. The summed E-state index contributed by atoms with van der Waals surface area (Å²) in [4.78, 5) is 4.39. The van der Waals surface area contributed by atoms with Gasteiger partial charge in [-0.1, -0.05) is 59.8 Å². The van der Waals surface area contributed by atoms with E-state index in [0.717, 1.165) is 16.8 Å². The summed E-state index contributed by atoms with van der Waals surface area (Å²) in [5.74, 6) is 0. The van der Waals surface area contributed by atoms with Crippen molar-refractivity contribution in [1.29, 1.82) is 0 Å². The highest BCUT2D eigenvalue weighted by molar-refractivity contribution is 14.0. The molecule has 0 aliphatic rings. The summed E-state index contributed by atoms with van der Waals surface area (Å²) in [6, 6.07) is 15.5. The normalized spacial score (nSPS) is 10.9. The molecular weight excluding hydrogens is 391 g/mol. The first-order valence-electron chi connectivity index (χ1n) is 5.44. The van der Waals surface area contributed by atoms with Crippen molar-refractivity contribution in [2.75, 3.05) is 6.26 Å². The molecule has 0 radical (unpaired) electrons. The fraction of sp³-hybridized carbons (Fsp3) is 0.0714. The van der Waals surface area contributed by atoms with E-state index >= 15 is 0 Å². The van der Waals surface area contributed by atoms with E-state index in [4.69, 9.17) is 17.3 Å². The molecule has 2 aromatic rings. The Labute approximate surface area is 139 Å². The van der Waals surface area contributed by atoms with Gasteiger partial charge in [-0.2, -0.15) is 0 Å². The molecule has 0 aromatic heterocycles. The van der Waals surface area contributed by atoms with Gasteiger partial charge in [0, 0.05) is 16.1 Å². The maximum absolute atomic E-state index is 6.22. The Hall–Kier alpha value is -0.720. The van der Waals surface area contributed by atoms with Crippen molar-refractivity contribution in [2.45, 2.75) is 0 Å². The summed E-state index contributed by atoms with van der Waals surface area (Å²) in [5.41, 5.74) is 8.55. The van der Waals surface area contributed by atoms with E-state index in [1.54, 1.807) is 0 Å². The largest absolute Gasteiger partial charge is 0.378 e. The van der Waals surface area contributed by atoms with E-state index in [2.05, 4.69) is 4.99 Å². The minimum atomic E-state index is 0. The third kappa shape index (κ3) is 4.12. The molecule has 100 valence electrons. The zero-order valence-corrected chi connectivity index (χ0v) is 14.2. The van der Waals surface area contributed by atoms with Crippen molar-refractivity contribution >= 4 is 58.2 Å². The van der Waals surface area contributed by atoms with Crippen LogP contribution in [0.4, 0.5) is 5.69 Å². The smallest absolute Gasteiger partial charge is 0.158 e. The Balaban J connectivity index is 0.00000180. The lowest BCUT2D eigenvalue weighted by molar-refractivity contribution is 1.49. The fourth-order valence-corrected chi connectivity index (χ4v) is 2.07. The predicted molar refractivity (Wildman–Crippen MR) is 97.1 cm³/mol. The molecule has 0 saturated heterocycles. The van der Waals surface area contributed by atoms with E-state index in [1.807, 2.05) is 54.8 Å². The zero-order valence-electron chi connectivity index (χ0n) is 10.3. The number of amidine groups is 1. The van der Waals surface area contributed by atoms with Gasteiger partial charge in [-0.15, -0.1) is 24.0 Å². The highest BCUT2D eigenvalue weighted by Crippen LogP contribution is 2.34. The number of aliphatic imine (C=N–C) groups is 1. The molecule has 2 aromatic carbocycles. The molecule has 0 spiro atoms. The maximum atomic E-state index is 6.22. The predicted octanol–water partition coefficient (Wildman–Crippen LogP) is 4.93. The molecule has 0 fully saturated rings. The second kappa shape index (κ2) is 7.77. The highest BCUT2D eigenvalue weighted by atomic mass is 127. The van der Waals surface area contributed by atoms with E-state index < -0.39 is 0 Å². The second-order valence-electron chi connectivity index (χ2n) is 3.65. The van der Waals surface area contributed by atoms with Crippen LogP contribution in [0, 0.1) is 0 Å². The number of para-hydroxylation sites is 1. The van der Waals surface area contributed by atoms with Crippen LogP contribution in [0.15, 0.2) is 53.5 Å². The number of halogens is 2. The van der Waals surface area contributed by atoms with E-state index in [0.29, 0.717) is 10.2 Å². The Morgan fingerprint density at radius 1 is 1.05 bits per heavy atom. The van der Waals surface area contributed by atoms with Crippen molar-refractivity contribution in [1.82, 2.24) is 0 Å². The van der Waals surface area contributed by atoms with Gasteiger partial charge >= 0.3 is 0 Å². The van der Waals surface area contributed by atoms with Gasteiger partial charge in [-0.05, 0) is 18.4 Å². The summed E-state index contributed by atoms with van der Waals surface area (Å²) in [6.45, 7) is 0. The van der Waals surface area contributed by atoms with Crippen LogP contribution in [0.2, 0.25) is 5.02 Å². The summed E-state index contributed by atoms with van der Waals surface area (Å²) in [5, 5.41) is 1.25. The Morgan fingerprint density at radius 3 is 2.26 bits per heavy atom. The molecule has 19 heavy (non-hydrogen) atoms. The summed E-state index contributed by atoms with van der Waals surface area (Å²) in [7, 11) is 0. The van der Waals surface area contributed by atoms with Crippen LogP contribution < -0.4 is 5.73 Å². The van der Waals surface area contributed by atoms with Crippen LogP contribution in [0.25, 0.3) is 11.1 Å². The molecule has 0 aliphatic heterocycles. The quantitative estimate of drug-likeness (QED) is 0.438. The molecule has 2 rings (SSSR count). The molecular formula is C14H14ClIN2S. The van der Waals surface area contributed by atoms with Crippen LogP contribution in [0.5, 0.6) is 0 Å². The van der Waals surface area contributed by atoms with Crippen LogP contribution in [-0.4, -0.2) is 11.4 Å². The third-order valence-electron chi connectivity index (χ3n) is 2.51. The van der Waals surface area contributed by atoms with E-state index in [-0.39, 0.29) is 24.0 Å². The minimum Gasteiger partial charge on any atom is -0.378 e. The Morgan fingerprint density at radius 2 is 1.63 bits per heavy atom. The van der Waals surface area contributed by atoms with Gasteiger partial charge in [-0.25, -0.2) is 4.99 Å². The van der Waals surface area contributed by atoms with Crippen LogP contribution in [0.3, 0.4) is 0 Å². The lowest BCUT2D eigenvalue weighted by Crippen LogP contribution is -2.04. The third-order valence-corrected chi connectivity index (χ3v) is 3.35. The molecule has 0 bridgehead atoms. The van der Waals surface area contributed by atoms with Crippen LogP contribution >= 0.6 is 47.3 Å². The highest BCUT2D eigenvalue weighted by Gasteiger charge is 2.07. The van der Waals surface area contributed by atoms with Gasteiger partial charge < -0.3 is 5.73 Å². The van der Waals surface area contributed by atoms with Gasteiger partial charge in [0.1, 0.15) is 0 Å². The average Bonchev–Trinajstić information content (AvgIpc) is 2.40. The summed E-state index contributed by atoms with van der Waals surface area (Å²) >= 11 is 7.64. The molecule has 0 unspecified atom stereocenters. The molecule has 0 amide bonds. The Bertz CT molecular complexity index is 587. The summed E-state index contributed by atoms with van der Waals surface area (Å²) < 4.78 is 0. The number of rotatable bonds is 2. The lowest BCUT2D eigenvalue weighted by atomic mass is 10.0. The van der Waals surface area contributed by atoms with Crippen LogP contribution in [0.1, 0.15) is 0 Å². The number of benzene rings is 2. The maximum Gasteiger partial charge on any atom is 0.158 e. The molecule has 0 heterocycles. The van der Waals surface area contributed by atoms with Crippen molar-refractivity contribution < 1.29 is 0 Å². The number of nitrogens with zero attached hydrogens (tertiary/aromatic N) is 1. The first kappa shape index (κ1) is 16.3. The molecule has 0 aliphatic carbocycles. The van der Waals surface area contributed by atoms with Crippen LogP contribution in [-0.2, 0) is 0 Å². The SMILES string of the molecule is CSC(N)=Nc1ccccc1-c1ccccc1Cl.I. The standard InChI is InChI=1S/C14H13ClN2S.HI/c1-18-14(16)17-13-9-5-3-7-11(13)10-6-2-4-8-12(10)15;/h2-9H,1H3,(H2,16,17);1H. The minimum absolute atomic E-state index is 0. The van der Waals surface area contributed by atoms with Gasteiger partial charge in [0.25, 0.3) is 0 Å². The molecule has 0 saturated carbocycles. The Kier molecular flexibility index (Phi) is 6.68. The van der Waals surface area contributed by atoms with Gasteiger partial charge in [0.05, 0.1) is 5.69 Å². The van der Waals surface area contributed by atoms with Gasteiger partial charge in [0.2, 0.25) is 0 Å². The zero-order chi connectivity index (χ0) is 13.0. The number of thioether (sulfide) groups is 1. The average molecular weight is 405 g/mol. The van der Waals surface area contributed by atoms with Crippen molar-refractivity contribution in [3.8, 4) is 11.1 Å². The van der Waals surface area contributed by atoms with E-state index in [1.165, 1.54) is 11.8 Å². The van der Waals surface area contributed by atoms with Crippen molar-refractivity contribution in [2.24, 2.45) is 10.7 Å². The fourth-order valence-electron chi connectivity index (χ4n) is 1.64. The van der Waals surface area contributed by atoms with Gasteiger partial charge in [-0.3, -0.25) is 0 Å². The molecule has 2 nitrogen and oxygen atoms in total. The lowest BCUT2D eigenvalue weighted by Gasteiger charge is -2.08. The monoisotopic (exact) mass is 404 g/mol. The molecule has 2 N–H and O–H groups in total. The molecule has 0 atom stereocenters. The number of hydrogen-bond acceptors (Lipinski definition) is 2. The van der Waals surface area contributed by atoms with Crippen molar-refractivity contribution in [3.63, 3.8) is 0 Å². The van der Waals surface area contributed by atoms with E-state index in [9.17, 15) is 0 Å². The van der Waals surface area contributed by atoms with Crippen molar-refractivity contribution in [3.05, 3.63) is 53.6 Å². The topological polar surface area (TPSA) is 38.4 Å². The first-order valence-corrected chi connectivity index (χ1v) is 7.04.